The molecule has 1 heterocycles. The molecule has 0 fully saturated rings. The van der Waals surface area contributed by atoms with E-state index in [1.807, 2.05) is 0 Å². The standard InChI is InChI=1S/C12H20N2O3S/c1-4-5-6-9-14(3)18(15,16)12-8-7-11(17-12)10-13-2/h4,7-8,13H,1,5-6,9-10H2,2-3H3. The van der Waals surface area contributed by atoms with Crippen molar-refractivity contribution in [2.24, 2.45) is 0 Å². The van der Waals surface area contributed by atoms with Crippen molar-refractivity contribution >= 4 is 10.0 Å². The van der Waals surface area contributed by atoms with Gasteiger partial charge in [0, 0.05) is 13.6 Å². The second kappa shape index (κ2) is 6.72. The molecule has 1 N–H and O–H groups in total. The van der Waals surface area contributed by atoms with E-state index < -0.39 is 10.0 Å². The summed E-state index contributed by atoms with van der Waals surface area (Å²) in [5.41, 5.74) is 0. The molecule has 0 saturated carbocycles. The molecular formula is C12H20N2O3S. The number of hydrogen-bond donors (Lipinski definition) is 1. The number of hydrogen-bond acceptors (Lipinski definition) is 4. The Labute approximate surface area is 109 Å². The Bertz CT molecular complexity index is 479. The Balaban J connectivity index is 2.74. The predicted octanol–water partition coefficient (Wildman–Crippen LogP) is 1.59. The molecule has 0 radical (unpaired) electrons. The molecule has 6 heteroatoms. The van der Waals surface area contributed by atoms with E-state index in [1.54, 1.807) is 26.2 Å². The lowest BCUT2D eigenvalue weighted by Gasteiger charge is -2.14. The van der Waals surface area contributed by atoms with Crippen molar-refractivity contribution in [3.63, 3.8) is 0 Å². The van der Waals surface area contributed by atoms with Gasteiger partial charge in [-0.15, -0.1) is 6.58 Å². The maximum atomic E-state index is 12.1. The summed E-state index contributed by atoms with van der Waals surface area (Å²) in [6, 6.07) is 3.16. The Morgan fingerprint density at radius 1 is 1.50 bits per heavy atom. The van der Waals surface area contributed by atoms with Crippen molar-refractivity contribution in [2.75, 3.05) is 20.6 Å². The van der Waals surface area contributed by atoms with E-state index in [0.29, 0.717) is 18.8 Å². The highest BCUT2D eigenvalue weighted by Gasteiger charge is 2.23. The molecule has 0 bridgehead atoms. The Hall–Kier alpha value is -1.11. The number of allylic oxidation sites excluding steroid dienone is 1. The van der Waals surface area contributed by atoms with Crippen LogP contribution in [0.1, 0.15) is 18.6 Å². The minimum Gasteiger partial charge on any atom is -0.447 e. The number of furan rings is 1. The quantitative estimate of drug-likeness (QED) is 0.576. The van der Waals surface area contributed by atoms with Gasteiger partial charge in [-0.3, -0.25) is 0 Å². The van der Waals surface area contributed by atoms with Crippen LogP contribution in [0.25, 0.3) is 0 Å². The second-order valence-electron chi connectivity index (χ2n) is 4.01. The maximum absolute atomic E-state index is 12.1. The minimum atomic E-state index is -3.51. The average Bonchev–Trinajstić information content (AvgIpc) is 2.79. The van der Waals surface area contributed by atoms with Gasteiger partial charge in [-0.2, -0.15) is 4.31 Å². The molecule has 0 amide bonds. The molecule has 0 aromatic carbocycles. The van der Waals surface area contributed by atoms with Crippen molar-refractivity contribution in [3.05, 3.63) is 30.5 Å². The minimum absolute atomic E-state index is 0.00569. The summed E-state index contributed by atoms with van der Waals surface area (Å²) in [7, 11) is -0.182. The topological polar surface area (TPSA) is 62.6 Å². The highest BCUT2D eigenvalue weighted by Crippen LogP contribution is 2.18. The summed E-state index contributed by atoms with van der Waals surface area (Å²) in [6.07, 6.45) is 3.32. The number of rotatable bonds is 8. The molecule has 18 heavy (non-hydrogen) atoms. The smallest absolute Gasteiger partial charge is 0.276 e. The SMILES string of the molecule is C=CCCCN(C)S(=O)(=O)c1ccc(CNC)o1. The third kappa shape index (κ3) is 3.69. The van der Waals surface area contributed by atoms with Gasteiger partial charge in [-0.1, -0.05) is 6.08 Å². The first-order chi connectivity index (χ1) is 8.52. The molecule has 1 aromatic rings. The molecule has 0 saturated heterocycles. The van der Waals surface area contributed by atoms with Gasteiger partial charge in [-0.05, 0) is 32.0 Å². The molecule has 0 aliphatic carbocycles. The number of unbranched alkanes of at least 4 members (excludes halogenated alkanes) is 1. The third-order valence-electron chi connectivity index (χ3n) is 2.53. The first-order valence-corrected chi connectivity index (χ1v) is 7.27. The van der Waals surface area contributed by atoms with Crippen LogP contribution < -0.4 is 5.32 Å². The summed E-state index contributed by atoms with van der Waals surface area (Å²) in [4.78, 5) is 0. The van der Waals surface area contributed by atoms with E-state index in [4.69, 9.17) is 4.42 Å². The van der Waals surface area contributed by atoms with Crippen molar-refractivity contribution < 1.29 is 12.8 Å². The third-order valence-corrected chi connectivity index (χ3v) is 4.26. The lowest BCUT2D eigenvalue weighted by Crippen LogP contribution is -2.27. The van der Waals surface area contributed by atoms with Gasteiger partial charge in [0.2, 0.25) is 5.09 Å². The van der Waals surface area contributed by atoms with Crippen molar-refractivity contribution in [1.29, 1.82) is 0 Å². The lowest BCUT2D eigenvalue weighted by molar-refractivity contribution is 0.382. The number of nitrogens with one attached hydrogen (secondary N) is 1. The van der Waals surface area contributed by atoms with Crippen LogP contribution in [-0.2, 0) is 16.6 Å². The van der Waals surface area contributed by atoms with Gasteiger partial charge in [0.25, 0.3) is 10.0 Å². The summed E-state index contributed by atoms with van der Waals surface area (Å²) < 4.78 is 30.9. The molecule has 5 nitrogen and oxygen atoms in total. The van der Waals surface area contributed by atoms with Crippen LogP contribution in [0.5, 0.6) is 0 Å². The van der Waals surface area contributed by atoms with E-state index in [-0.39, 0.29) is 5.09 Å². The number of nitrogens with zero attached hydrogens (tertiary/aromatic N) is 1. The van der Waals surface area contributed by atoms with Crippen LogP contribution >= 0.6 is 0 Å². The molecular weight excluding hydrogens is 252 g/mol. The van der Waals surface area contributed by atoms with Crippen LogP contribution in [0, 0.1) is 0 Å². The predicted molar refractivity (Wildman–Crippen MR) is 70.7 cm³/mol. The normalized spacial score (nSPS) is 11.9. The van der Waals surface area contributed by atoms with Gasteiger partial charge in [-0.25, -0.2) is 8.42 Å². The van der Waals surface area contributed by atoms with Gasteiger partial charge >= 0.3 is 0 Å². The fourth-order valence-electron chi connectivity index (χ4n) is 1.50. The molecule has 102 valence electrons. The van der Waals surface area contributed by atoms with Gasteiger partial charge < -0.3 is 9.73 Å². The van der Waals surface area contributed by atoms with E-state index in [1.165, 1.54) is 10.4 Å². The summed E-state index contributed by atoms with van der Waals surface area (Å²) >= 11 is 0. The fraction of sp³-hybridized carbons (Fsp3) is 0.500. The summed E-state index contributed by atoms with van der Waals surface area (Å²) in [6.45, 7) is 4.57. The Kier molecular flexibility index (Phi) is 5.58. The van der Waals surface area contributed by atoms with Crippen LogP contribution in [0.3, 0.4) is 0 Å². The molecule has 0 spiro atoms. The molecule has 0 aliphatic heterocycles. The Morgan fingerprint density at radius 3 is 2.83 bits per heavy atom. The van der Waals surface area contributed by atoms with Crippen molar-refractivity contribution in [3.8, 4) is 0 Å². The lowest BCUT2D eigenvalue weighted by atomic mass is 10.3. The zero-order valence-electron chi connectivity index (χ0n) is 10.8. The van der Waals surface area contributed by atoms with Gasteiger partial charge in [0.1, 0.15) is 5.76 Å². The zero-order valence-corrected chi connectivity index (χ0v) is 11.7. The molecule has 0 atom stereocenters. The van der Waals surface area contributed by atoms with Gasteiger partial charge in [0.05, 0.1) is 6.54 Å². The highest BCUT2D eigenvalue weighted by atomic mass is 32.2. The maximum Gasteiger partial charge on any atom is 0.276 e. The molecule has 0 aliphatic rings. The zero-order chi connectivity index (χ0) is 13.6. The first kappa shape index (κ1) is 14.9. The monoisotopic (exact) mass is 272 g/mol. The van der Waals surface area contributed by atoms with E-state index in [0.717, 1.165) is 12.8 Å². The molecule has 0 unspecified atom stereocenters. The van der Waals surface area contributed by atoms with Crippen LogP contribution in [0.15, 0.2) is 34.3 Å². The average molecular weight is 272 g/mol. The molecule has 1 aromatic heterocycles. The molecule has 1 rings (SSSR count). The fourth-order valence-corrected chi connectivity index (χ4v) is 2.63. The van der Waals surface area contributed by atoms with Crippen LogP contribution in [-0.4, -0.2) is 33.4 Å². The van der Waals surface area contributed by atoms with E-state index in [2.05, 4.69) is 11.9 Å². The Morgan fingerprint density at radius 2 is 2.22 bits per heavy atom. The summed E-state index contributed by atoms with van der Waals surface area (Å²) in [5, 5.41) is 2.90. The summed E-state index contributed by atoms with van der Waals surface area (Å²) in [5.74, 6) is 0.607. The highest BCUT2D eigenvalue weighted by molar-refractivity contribution is 7.89. The largest absolute Gasteiger partial charge is 0.447 e. The first-order valence-electron chi connectivity index (χ1n) is 5.83. The van der Waals surface area contributed by atoms with Gasteiger partial charge in [0.15, 0.2) is 0 Å². The second-order valence-corrected chi connectivity index (χ2v) is 5.98. The van der Waals surface area contributed by atoms with E-state index in [9.17, 15) is 8.42 Å². The van der Waals surface area contributed by atoms with Crippen LogP contribution in [0.2, 0.25) is 0 Å². The van der Waals surface area contributed by atoms with Crippen molar-refractivity contribution in [1.82, 2.24) is 9.62 Å². The number of sulfonamides is 1. The van der Waals surface area contributed by atoms with Crippen LogP contribution in [0.4, 0.5) is 0 Å². The van der Waals surface area contributed by atoms with E-state index >= 15 is 0 Å². The van der Waals surface area contributed by atoms with Crippen molar-refractivity contribution in [2.45, 2.75) is 24.5 Å².